The van der Waals surface area contributed by atoms with Crippen molar-refractivity contribution in [3.63, 3.8) is 0 Å². The van der Waals surface area contributed by atoms with Gasteiger partial charge in [-0.05, 0) is 19.3 Å². The highest BCUT2D eigenvalue weighted by atomic mass is 32.2. The van der Waals surface area contributed by atoms with Gasteiger partial charge in [-0.15, -0.1) is 0 Å². The highest BCUT2D eigenvalue weighted by Crippen LogP contribution is 2.33. The molecule has 4 atom stereocenters. The summed E-state index contributed by atoms with van der Waals surface area (Å²) in [4.78, 5) is 21.6. The Hall–Kier alpha value is -0.950. The molecule has 0 saturated carbocycles. The molecule has 1 unspecified atom stereocenters. The van der Waals surface area contributed by atoms with Gasteiger partial charge < -0.3 is 20.8 Å². The second-order valence-electron chi connectivity index (χ2n) is 4.41. The van der Waals surface area contributed by atoms with Crippen molar-refractivity contribution in [1.29, 1.82) is 0 Å². The van der Waals surface area contributed by atoms with Gasteiger partial charge in [0.05, 0.1) is 12.1 Å². The minimum Gasteiger partial charge on any atom is -0.479 e. The number of amides is 2. The van der Waals surface area contributed by atoms with Crippen LogP contribution < -0.4 is 10.6 Å². The average molecular weight is 260 g/mol. The van der Waals surface area contributed by atoms with Gasteiger partial charge in [0.25, 0.3) is 0 Å². The van der Waals surface area contributed by atoms with Gasteiger partial charge in [0.15, 0.2) is 6.10 Å². The van der Waals surface area contributed by atoms with E-state index in [1.807, 2.05) is 0 Å². The second-order valence-corrected chi connectivity index (χ2v) is 5.68. The number of aliphatic hydroxyl groups is 1. The number of aliphatic hydroxyl groups excluding tert-OH is 1. The summed E-state index contributed by atoms with van der Waals surface area (Å²) in [5.41, 5.74) is 0. The first-order chi connectivity index (χ1) is 8.08. The average Bonchev–Trinajstić information content (AvgIpc) is 2.78. The lowest BCUT2D eigenvalue weighted by molar-refractivity contribution is -0.146. The van der Waals surface area contributed by atoms with Crippen molar-refractivity contribution in [3.05, 3.63) is 0 Å². The lowest BCUT2D eigenvalue weighted by Gasteiger charge is -2.16. The number of aliphatic carboxylic acids is 1. The van der Waals surface area contributed by atoms with Crippen molar-refractivity contribution >= 4 is 23.8 Å². The Balaban J connectivity index is 1.73. The zero-order valence-electron chi connectivity index (χ0n) is 9.26. The molecule has 2 amide bonds. The van der Waals surface area contributed by atoms with E-state index < -0.39 is 12.1 Å². The summed E-state index contributed by atoms with van der Waals surface area (Å²) < 4.78 is 0. The summed E-state index contributed by atoms with van der Waals surface area (Å²) in [5.74, 6) is -0.270. The van der Waals surface area contributed by atoms with Gasteiger partial charge >= 0.3 is 12.0 Å². The zero-order chi connectivity index (χ0) is 12.4. The monoisotopic (exact) mass is 260 g/mol. The van der Waals surface area contributed by atoms with Crippen molar-refractivity contribution in [2.75, 3.05) is 5.75 Å². The predicted molar refractivity (Wildman–Crippen MR) is 63.0 cm³/mol. The number of carbonyl (C=O) groups excluding carboxylic acids is 1. The number of hydrogen-bond donors (Lipinski definition) is 4. The fraction of sp³-hybridized carbons (Fsp3) is 0.800. The summed E-state index contributed by atoms with van der Waals surface area (Å²) in [6.45, 7) is 0. The number of nitrogens with one attached hydrogen (secondary N) is 2. The SMILES string of the molecule is O=C1N[C@H]2[C@H](CS[C@H]2CCCC(O)C(=O)O)N1. The van der Waals surface area contributed by atoms with Crippen molar-refractivity contribution in [3.8, 4) is 0 Å². The van der Waals surface area contributed by atoms with Gasteiger partial charge in [-0.25, -0.2) is 9.59 Å². The van der Waals surface area contributed by atoms with Crippen LogP contribution >= 0.6 is 11.8 Å². The number of urea groups is 1. The van der Waals surface area contributed by atoms with Crippen LogP contribution in [-0.2, 0) is 4.79 Å². The molecule has 7 heteroatoms. The molecule has 0 aromatic rings. The number of thioether (sulfide) groups is 1. The molecule has 2 fully saturated rings. The van der Waals surface area contributed by atoms with E-state index in [9.17, 15) is 9.59 Å². The molecule has 2 aliphatic rings. The van der Waals surface area contributed by atoms with Gasteiger partial charge in [0.2, 0.25) is 0 Å². The van der Waals surface area contributed by atoms with Crippen LogP contribution in [0.2, 0.25) is 0 Å². The predicted octanol–water partition coefficient (Wildman–Crippen LogP) is -0.232. The minimum absolute atomic E-state index is 0.115. The van der Waals surface area contributed by atoms with Crippen LogP contribution in [0, 0.1) is 0 Å². The first-order valence-corrected chi connectivity index (χ1v) is 6.72. The minimum atomic E-state index is -1.27. The van der Waals surface area contributed by atoms with Crippen molar-refractivity contribution in [2.45, 2.75) is 42.7 Å². The molecule has 0 spiro atoms. The van der Waals surface area contributed by atoms with Gasteiger partial charge in [0.1, 0.15) is 0 Å². The summed E-state index contributed by atoms with van der Waals surface area (Å²) in [7, 11) is 0. The van der Waals surface area contributed by atoms with Crippen LogP contribution in [0.1, 0.15) is 19.3 Å². The molecule has 4 N–H and O–H groups in total. The van der Waals surface area contributed by atoms with Crippen molar-refractivity contribution in [2.24, 2.45) is 0 Å². The lowest BCUT2D eigenvalue weighted by atomic mass is 10.0. The smallest absolute Gasteiger partial charge is 0.332 e. The molecule has 2 heterocycles. The molecule has 2 saturated heterocycles. The van der Waals surface area contributed by atoms with E-state index in [4.69, 9.17) is 10.2 Å². The zero-order valence-corrected chi connectivity index (χ0v) is 10.1. The first-order valence-electron chi connectivity index (χ1n) is 5.67. The van der Waals surface area contributed by atoms with Gasteiger partial charge in [0, 0.05) is 11.0 Å². The largest absolute Gasteiger partial charge is 0.479 e. The normalized spacial score (nSPS) is 32.8. The standard InChI is InChI=1S/C10H16N2O4S/c13-6(9(14)15)2-1-3-7-8-5(4-17-7)11-10(16)12-8/h5-8,13H,1-4H2,(H,14,15)(H2,11,12,16)/t5-,6?,7-,8-/m0/s1. The Morgan fingerprint density at radius 1 is 1.53 bits per heavy atom. The molecular weight excluding hydrogens is 244 g/mol. The van der Waals surface area contributed by atoms with Crippen LogP contribution in [0.3, 0.4) is 0 Å². The van der Waals surface area contributed by atoms with E-state index in [2.05, 4.69) is 10.6 Å². The summed E-state index contributed by atoms with van der Waals surface area (Å²) in [6, 6.07) is 0.229. The van der Waals surface area contributed by atoms with Crippen LogP contribution in [0.5, 0.6) is 0 Å². The molecule has 96 valence electrons. The number of fused-ring (bicyclic) bond motifs is 1. The van der Waals surface area contributed by atoms with E-state index in [0.29, 0.717) is 11.7 Å². The van der Waals surface area contributed by atoms with E-state index in [-0.39, 0.29) is 24.5 Å². The van der Waals surface area contributed by atoms with Crippen LogP contribution in [0.15, 0.2) is 0 Å². The number of rotatable bonds is 5. The fourth-order valence-electron chi connectivity index (χ4n) is 2.28. The quantitative estimate of drug-likeness (QED) is 0.512. The maximum atomic E-state index is 11.1. The van der Waals surface area contributed by atoms with Crippen LogP contribution in [0.25, 0.3) is 0 Å². The summed E-state index contributed by atoms with van der Waals surface area (Å²) in [6.07, 6.45) is 0.474. The van der Waals surface area contributed by atoms with Crippen molar-refractivity contribution in [1.82, 2.24) is 10.6 Å². The highest BCUT2D eigenvalue weighted by Gasteiger charge is 2.42. The van der Waals surface area contributed by atoms with E-state index >= 15 is 0 Å². The third-order valence-electron chi connectivity index (χ3n) is 3.19. The lowest BCUT2D eigenvalue weighted by Crippen LogP contribution is -2.36. The summed E-state index contributed by atoms with van der Waals surface area (Å²) in [5, 5.41) is 23.7. The molecule has 0 aliphatic carbocycles. The molecule has 2 rings (SSSR count). The maximum absolute atomic E-state index is 11.1. The molecule has 17 heavy (non-hydrogen) atoms. The van der Waals surface area contributed by atoms with Gasteiger partial charge in [-0.3, -0.25) is 0 Å². The number of hydrogen-bond acceptors (Lipinski definition) is 4. The maximum Gasteiger partial charge on any atom is 0.332 e. The number of carbonyl (C=O) groups is 2. The Labute approximate surface area is 103 Å². The molecule has 0 aromatic carbocycles. The van der Waals surface area contributed by atoms with E-state index in [0.717, 1.165) is 12.2 Å². The third kappa shape index (κ3) is 2.84. The van der Waals surface area contributed by atoms with E-state index in [1.165, 1.54) is 0 Å². The number of carboxylic acids is 1. The Morgan fingerprint density at radius 2 is 2.29 bits per heavy atom. The van der Waals surface area contributed by atoms with Crippen LogP contribution in [0.4, 0.5) is 4.79 Å². The first kappa shape index (κ1) is 12.5. The third-order valence-corrected chi connectivity index (χ3v) is 4.70. The molecule has 0 bridgehead atoms. The second kappa shape index (κ2) is 5.14. The molecule has 0 aromatic heterocycles. The fourth-order valence-corrected chi connectivity index (χ4v) is 3.82. The Kier molecular flexibility index (Phi) is 3.78. The van der Waals surface area contributed by atoms with Gasteiger partial charge in [-0.2, -0.15) is 11.8 Å². The van der Waals surface area contributed by atoms with Crippen molar-refractivity contribution < 1.29 is 19.8 Å². The molecule has 6 nitrogen and oxygen atoms in total. The van der Waals surface area contributed by atoms with Crippen LogP contribution in [-0.4, -0.2) is 51.4 Å². The Morgan fingerprint density at radius 3 is 3.00 bits per heavy atom. The molecular formula is C10H16N2O4S. The molecule has 2 aliphatic heterocycles. The van der Waals surface area contributed by atoms with Gasteiger partial charge in [-0.1, -0.05) is 0 Å². The topological polar surface area (TPSA) is 98.7 Å². The van der Waals surface area contributed by atoms with E-state index in [1.54, 1.807) is 11.8 Å². The highest BCUT2D eigenvalue weighted by molar-refractivity contribution is 8.00. The number of carboxylic acid groups (broad SMARTS) is 1. The summed E-state index contributed by atoms with van der Waals surface area (Å²) >= 11 is 1.79. The molecule has 0 radical (unpaired) electrons. The Bertz CT molecular complexity index is 325.